The van der Waals surface area contributed by atoms with E-state index < -0.39 is 0 Å². The van der Waals surface area contributed by atoms with Crippen molar-refractivity contribution in [3.8, 4) is 22.3 Å². The van der Waals surface area contributed by atoms with Crippen LogP contribution in [0.3, 0.4) is 0 Å². The first kappa shape index (κ1) is 33.2. The van der Waals surface area contributed by atoms with E-state index in [0.717, 1.165) is 0 Å². The topological polar surface area (TPSA) is 0 Å². The van der Waals surface area contributed by atoms with E-state index in [4.69, 9.17) is 0 Å². The van der Waals surface area contributed by atoms with Gasteiger partial charge >= 0.3 is 0 Å². The van der Waals surface area contributed by atoms with Gasteiger partial charge in [0.2, 0.25) is 0 Å². The van der Waals surface area contributed by atoms with Crippen LogP contribution < -0.4 is 0 Å². The Kier molecular flexibility index (Phi) is 11.3. The minimum atomic E-state index is 0.0708. The van der Waals surface area contributed by atoms with Gasteiger partial charge in [0.05, 0.1) is 0 Å². The van der Waals surface area contributed by atoms with Gasteiger partial charge in [-0.25, -0.2) is 0 Å². The van der Waals surface area contributed by atoms with Crippen LogP contribution in [0.4, 0.5) is 0 Å². The minimum absolute atomic E-state index is 0.0708. The highest BCUT2D eigenvalue weighted by molar-refractivity contribution is 5.71. The van der Waals surface area contributed by atoms with Crippen molar-refractivity contribution < 1.29 is 0 Å². The maximum Gasteiger partial charge on any atom is 0.0146 e. The normalized spacial score (nSPS) is 10.7. The number of aryl methyl sites for hydroxylation is 6. The maximum atomic E-state index is 2.28. The second-order valence-electron chi connectivity index (χ2n) is 12.6. The summed E-state index contributed by atoms with van der Waals surface area (Å²) in [4.78, 5) is 0. The second-order valence-corrected chi connectivity index (χ2v) is 12.6. The first-order valence-electron chi connectivity index (χ1n) is 16.0. The fourth-order valence-electron chi connectivity index (χ4n) is 5.61. The Balaban J connectivity index is 0.000000155. The lowest BCUT2D eigenvalue weighted by Crippen LogP contribution is -2.18. The van der Waals surface area contributed by atoms with Gasteiger partial charge in [0, 0.05) is 5.41 Å². The predicted molar refractivity (Wildman–Crippen MR) is 197 cm³/mol. The predicted octanol–water partition coefficient (Wildman–Crippen LogP) is 12.6. The monoisotopic (exact) mass is 588 g/mol. The van der Waals surface area contributed by atoms with Crippen molar-refractivity contribution in [1.29, 1.82) is 0 Å². The smallest absolute Gasteiger partial charge is 0.0146 e. The van der Waals surface area contributed by atoms with Crippen LogP contribution >= 0.6 is 0 Å². The van der Waals surface area contributed by atoms with Gasteiger partial charge in [-0.05, 0) is 97.2 Å². The van der Waals surface area contributed by atoms with Crippen molar-refractivity contribution in [2.75, 3.05) is 0 Å². The summed E-state index contributed by atoms with van der Waals surface area (Å²) >= 11 is 0. The van der Waals surface area contributed by atoms with E-state index in [0.29, 0.717) is 0 Å². The molecule has 0 heteroatoms. The SMILES string of the molecule is Cc1ccc(C(C)(C)c2ccc(C)cc2)cc1.Cc1ccccc1-c1ccccc1C.Cc1ccccc1-c1ccccc1C. The van der Waals surface area contributed by atoms with Gasteiger partial charge in [0.1, 0.15) is 0 Å². The Morgan fingerprint density at radius 1 is 0.289 bits per heavy atom. The van der Waals surface area contributed by atoms with E-state index in [1.807, 2.05) is 0 Å². The highest BCUT2D eigenvalue weighted by Gasteiger charge is 2.22. The molecule has 6 rings (SSSR count). The molecular formula is C45H48. The Bertz CT molecular complexity index is 1580. The Morgan fingerprint density at radius 2 is 0.511 bits per heavy atom. The van der Waals surface area contributed by atoms with Gasteiger partial charge in [-0.3, -0.25) is 0 Å². The molecule has 0 radical (unpaired) electrons. The summed E-state index contributed by atoms with van der Waals surface area (Å²) in [5.74, 6) is 0. The van der Waals surface area contributed by atoms with Crippen LogP contribution in [0, 0.1) is 41.5 Å². The van der Waals surface area contributed by atoms with E-state index in [1.54, 1.807) is 0 Å². The zero-order valence-electron chi connectivity index (χ0n) is 28.4. The number of hydrogen-bond donors (Lipinski definition) is 0. The molecule has 0 aliphatic heterocycles. The average Bonchev–Trinajstić information content (AvgIpc) is 3.04. The van der Waals surface area contributed by atoms with Crippen LogP contribution in [0.2, 0.25) is 0 Å². The molecule has 0 aromatic heterocycles. The molecule has 0 fully saturated rings. The van der Waals surface area contributed by atoms with Crippen LogP contribution in [-0.4, -0.2) is 0 Å². The number of hydrogen-bond acceptors (Lipinski definition) is 0. The number of rotatable bonds is 4. The van der Waals surface area contributed by atoms with Crippen LogP contribution in [0.1, 0.15) is 58.4 Å². The molecule has 6 aromatic rings. The van der Waals surface area contributed by atoms with Gasteiger partial charge < -0.3 is 0 Å². The summed E-state index contributed by atoms with van der Waals surface area (Å²) in [6.07, 6.45) is 0. The molecule has 45 heavy (non-hydrogen) atoms. The summed E-state index contributed by atoms with van der Waals surface area (Å²) in [5, 5.41) is 0. The summed E-state index contributed by atoms with van der Waals surface area (Å²) in [6, 6.07) is 51.7. The molecule has 0 atom stereocenters. The van der Waals surface area contributed by atoms with E-state index in [-0.39, 0.29) is 5.41 Å². The van der Waals surface area contributed by atoms with Gasteiger partial charge in [-0.15, -0.1) is 0 Å². The Labute approximate surface area is 272 Å². The molecule has 0 N–H and O–H groups in total. The lowest BCUT2D eigenvalue weighted by atomic mass is 9.78. The van der Waals surface area contributed by atoms with Crippen LogP contribution in [0.25, 0.3) is 22.3 Å². The molecule has 0 amide bonds. The van der Waals surface area contributed by atoms with Crippen molar-refractivity contribution in [2.45, 2.75) is 60.8 Å². The zero-order valence-corrected chi connectivity index (χ0v) is 28.4. The molecule has 0 spiro atoms. The summed E-state index contributed by atoms with van der Waals surface area (Å²) in [5.41, 5.74) is 16.1. The van der Waals surface area contributed by atoms with Crippen LogP contribution in [0.15, 0.2) is 146 Å². The van der Waals surface area contributed by atoms with E-state index >= 15 is 0 Å². The molecule has 0 aliphatic rings. The third-order valence-electron chi connectivity index (χ3n) is 8.71. The highest BCUT2D eigenvalue weighted by atomic mass is 14.3. The largest absolute Gasteiger partial charge is 0.0620 e. The molecule has 0 saturated carbocycles. The van der Waals surface area contributed by atoms with Crippen molar-refractivity contribution in [3.05, 3.63) is 190 Å². The first-order valence-corrected chi connectivity index (χ1v) is 16.0. The third kappa shape index (κ3) is 8.70. The van der Waals surface area contributed by atoms with Gasteiger partial charge in [0.15, 0.2) is 0 Å². The van der Waals surface area contributed by atoms with Crippen molar-refractivity contribution in [2.24, 2.45) is 0 Å². The lowest BCUT2D eigenvalue weighted by molar-refractivity contribution is 0.640. The summed E-state index contributed by atoms with van der Waals surface area (Å²) < 4.78 is 0. The second kappa shape index (κ2) is 15.4. The summed E-state index contributed by atoms with van der Waals surface area (Å²) in [6.45, 7) is 17.4. The third-order valence-corrected chi connectivity index (χ3v) is 8.71. The maximum absolute atomic E-state index is 2.28. The fourth-order valence-corrected chi connectivity index (χ4v) is 5.61. The molecule has 0 aliphatic carbocycles. The van der Waals surface area contributed by atoms with Crippen LogP contribution in [0.5, 0.6) is 0 Å². The highest BCUT2D eigenvalue weighted by Crippen LogP contribution is 2.32. The Morgan fingerprint density at radius 3 is 0.733 bits per heavy atom. The van der Waals surface area contributed by atoms with Gasteiger partial charge in [0.25, 0.3) is 0 Å². The van der Waals surface area contributed by atoms with Gasteiger partial charge in [-0.1, -0.05) is 171 Å². The van der Waals surface area contributed by atoms with Crippen LogP contribution in [-0.2, 0) is 5.41 Å². The molecular weight excluding hydrogens is 540 g/mol. The first-order chi connectivity index (χ1) is 21.6. The molecule has 0 unspecified atom stereocenters. The van der Waals surface area contributed by atoms with Gasteiger partial charge in [-0.2, -0.15) is 0 Å². The molecule has 0 nitrogen and oxygen atoms in total. The average molecular weight is 589 g/mol. The molecule has 228 valence electrons. The zero-order chi connectivity index (χ0) is 32.4. The number of benzene rings is 6. The molecule has 0 heterocycles. The van der Waals surface area contributed by atoms with Crippen molar-refractivity contribution in [1.82, 2.24) is 0 Å². The van der Waals surface area contributed by atoms with E-state index in [1.165, 1.54) is 66.8 Å². The molecule has 0 bridgehead atoms. The Hall–Kier alpha value is -4.68. The quantitative estimate of drug-likeness (QED) is 0.192. The minimum Gasteiger partial charge on any atom is -0.0620 e. The van der Waals surface area contributed by atoms with E-state index in [2.05, 4.69) is 201 Å². The van der Waals surface area contributed by atoms with E-state index in [9.17, 15) is 0 Å². The summed E-state index contributed by atoms with van der Waals surface area (Å²) in [7, 11) is 0. The lowest BCUT2D eigenvalue weighted by Gasteiger charge is -2.26. The molecule has 0 saturated heterocycles. The van der Waals surface area contributed by atoms with Crippen molar-refractivity contribution >= 4 is 0 Å². The van der Waals surface area contributed by atoms with Crippen molar-refractivity contribution in [3.63, 3.8) is 0 Å². The fraction of sp³-hybridized carbons (Fsp3) is 0.200. The molecule has 6 aromatic carbocycles. The standard InChI is InChI=1S/C17H20.2C14H14/c1-13-5-9-15(10-6-13)17(3,4)16-11-7-14(2)8-12-16;2*1-11-7-3-5-9-13(11)14-10-6-4-8-12(14)2/h5-12H,1-4H3;2*3-10H,1-2H3.